The first-order valence-corrected chi connectivity index (χ1v) is 6.83. The Hall–Kier alpha value is -1.79. The average molecular weight is 330 g/mol. The van der Waals surface area contributed by atoms with Crippen LogP contribution >= 0.6 is 12.4 Å². The van der Waals surface area contributed by atoms with Gasteiger partial charge < -0.3 is 20.7 Å². The first kappa shape index (κ1) is 20.2. The van der Waals surface area contributed by atoms with Crippen LogP contribution in [0.2, 0.25) is 0 Å². The van der Waals surface area contributed by atoms with Crippen molar-refractivity contribution >= 4 is 24.2 Å². The number of nitrogens with two attached hydrogens (primary N) is 1. The number of hydrogen-bond acceptors (Lipinski definition) is 4. The third kappa shape index (κ3) is 6.78. The molecule has 1 aromatic rings. The number of carbonyl (C=O) groups is 2. The van der Waals surface area contributed by atoms with Crippen LogP contribution in [0.4, 0.5) is 0 Å². The van der Waals surface area contributed by atoms with E-state index in [9.17, 15) is 9.59 Å². The van der Waals surface area contributed by atoms with E-state index < -0.39 is 0 Å². The van der Waals surface area contributed by atoms with Crippen LogP contribution in [0.5, 0.6) is 5.75 Å². The molecule has 7 heteroatoms. The SMILES string of the molecule is CC(CN)C(=O)NCc1cccc(OCC(=O)N(C)C)c1.Cl. The number of likely N-dealkylation sites (N-methyl/N-ethyl adjacent to an activating group) is 1. The molecule has 0 aliphatic carbocycles. The van der Waals surface area contributed by atoms with Crippen molar-refractivity contribution in [1.29, 1.82) is 0 Å². The first-order valence-electron chi connectivity index (χ1n) is 6.83. The number of amides is 2. The molecular formula is C15H24ClN3O3. The van der Waals surface area contributed by atoms with Crippen molar-refractivity contribution in [2.75, 3.05) is 27.2 Å². The zero-order chi connectivity index (χ0) is 15.8. The van der Waals surface area contributed by atoms with Gasteiger partial charge in [0.25, 0.3) is 5.91 Å². The number of nitrogens with one attached hydrogen (secondary N) is 1. The number of ether oxygens (including phenoxy) is 1. The van der Waals surface area contributed by atoms with E-state index in [1.807, 2.05) is 12.1 Å². The molecule has 0 fully saturated rings. The fourth-order valence-corrected chi connectivity index (χ4v) is 1.49. The molecule has 1 atom stereocenters. The third-order valence-electron chi connectivity index (χ3n) is 3.03. The lowest BCUT2D eigenvalue weighted by Crippen LogP contribution is -2.32. The van der Waals surface area contributed by atoms with E-state index in [2.05, 4.69) is 5.32 Å². The van der Waals surface area contributed by atoms with Crippen molar-refractivity contribution in [3.05, 3.63) is 29.8 Å². The predicted octanol–water partition coefficient (Wildman–Crippen LogP) is 0.786. The highest BCUT2D eigenvalue weighted by molar-refractivity contribution is 5.85. The minimum Gasteiger partial charge on any atom is -0.484 e. The summed E-state index contributed by atoms with van der Waals surface area (Å²) in [6.45, 7) is 2.50. The maximum absolute atomic E-state index is 11.6. The van der Waals surface area contributed by atoms with E-state index >= 15 is 0 Å². The van der Waals surface area contributed by atoms with E-state index in [1.54, 1.807) is 33.2 Å². The molecule has 1 unspecified atom stereocenters. The monoisotopic (exact) mass is 329 g/mol. The van der Waals surface area contributed by atoms with Crippen LogP contribution in [0.3, 0.4) is 0 Å². The third-order valence-corrected chi connectivity index (χ3v) is 3.03. The fraction of sp³-hybridized carbons (Fsp3) is 0.467. The normalized spacial score (nSPS) is 11.1. The summed E-state index contributed by atoms with van der Waals surface area (Å²) in [5, 5.41) is 2.81. The summed E-state index contributed by atoms with van der Waals surface area (Å²) in [5.74, 6) is 0.211. The van der Waals surface area contributed by atoms with Crippen molar-refractivity contribution in [2.24, 2.45) is 11.7 Å². The van der Waals surface area contributed by atoms with Gasteiger partial charge in [0.2, 0.25) is 5.91 Å². The van der Waals surface area contributed by atoms with Gasteiger partial charge >= 0.3 is 0 Å². The second kappa shape index (κ2) is 10.0. The molecule has 0 spiro atoms. The number of hydrogen-bond donors (Lipinski definition) is 2. The molecule has 22 heavy (non-hydrogen) atoms. The van der Waals surface area contributed by atoms with Gasteiger partial charge in [0.15, 0.2) is 6.61 Å². The summed E-state index contributed by atoms with van der Waals surface area (Å²) in [4.78, 5) is 24.6. The zero-order valence-electron chi connectivity index (χ0n) is 13.2. The maximum Gasteiger partial charge on any atom is 0.259 e. The molecular weight excluding hydrogens is 306 g/mol. The molecule has 0 radical (unpaired) electrons. The Bertz CT molecular complexity index is 495. The molecule has 0 aromatic heterocycles. The van der Waals surface area contributed by atoms with Crippen molar-refractivity contribution in [3.63, 3.8) is 0 Å². The summed E-state index contributed by atoms with van der Waals surface area (Å²) in [6.07, 6.45) is 0. The summed E-state index contributed by atoms with van der Waals surface area (Å²) < 4.78 is 5.42. The molecule has 0 aliphatic rings. The Morgan fingerprint density at radius 2 is 2.05 bits per heavy atom. The quantitative estimate of drug-likeness (QED) is 0.774. The van der Waals surface area contributed by atoms with Gasteiger partial charge in [-0.05, 0) is 17.7 Å². The lowest BCUT2D eigenvalue weighted by atomic mass is 10.1. The summed E-state index contributed by atoms with van der Waals surface area (Å²) in [7, 11) is 3.35. The van der Waals surface area contributed by atoms with Crippen LogP contribution in [0.15, 0.2) is 24.3 Å². The highest BCUT2D eigenvalue weighted by atomic mass is 35.5. The highest BCUT2D eigenvalue weighted by Gasteiger charge is 2.10. The topological polar surface area (TPSA) is 84.7 Å². The average Bonchev–Trinajstić information content (AvgIpc) is 2.49. The van der Waals surface area contributed by atoms with E-state index in [-0.39, 0.29) is 36.7 Å². The Labute approximate surface area is 137 Å². The Balaban J connectivity index is 0.00000441. The molecule has 0 aliphatic heterocycles. The van der Waals surface area contributed by atoms with Gasteiger partial charge in [-0.3, -0.25) is 9.59 Å². The van der Waals surface area contributed by atoms with E-state index in [1.165, 1.54) is 4.90 Å². The molecule has 1 aromatic carbocycles. The van der Waals surface area contributed by atoms with Crippen LogP contribution in [-0.2, 0) is 16.1 Å². The number of carbonyl (C=O) groups excluding carboxylic acids is 2. The second-order valence-corrected chi connectivity index (χ2v) is 5.08. The lowest BCUT2D eigenvalue weighted by Gasteiger charge is -2.13. The second-order valence-electron chi connectivity index (χ2n) is 5.08. The van der Waals surface area contributed by atoms with Crippen LogP contribution in [-0.4, -0.2) is 44.0 Å². The van der Waals surface area contributed by atoms with Gasteiger partial charge in [-0.1, -0.05) is 19.1 Å². The van der Waals surface area contributed by atoms with Gasteiger partial charge in [-0.2, -0.15) is 0 Å². The van der Waals surface area contributed by atoms with Crippen LogP contribution in [0.1, 0.15) is 12.5 Å². The Morgan fingerprint density at radius 1 is 1.36 bits per heavy atom. The van der Waals surface area contributed by atoms with Gasteiger partial charge in [0.05, 0.1) is 0 Å². The summed E-state index contributed by atoms with van der Waals surface area (Å²) >= 11 is 0. The minimum absolute atomic E-state index is 0. The molecule has 0 saturated carbocycles. The van der Waals surface area contributed by atoms with Crippen molar-refractivity contribution in [2.45, 2.75) is 13.5 Å². The Morgan fingerprint density at radius 3 is 2.64 bits per heavy atom. The molecule has 1 rings (SSSR count). The minimum atomic E-state index is -0.206. The van der Waals surface area contributed by atoms with Crippen molar-refractivity contribution in [1.82, 2.24) is 10.2 Å². The van der Waals surface area contributed by atoms with Gasteiger partial charge in [0, 0.05) is 33.1 Å². The van der Waals surface area contributed by atoms with Crippen molar-refractivity contribution in [3.8, 4) is 5.75 Å². The number of nitrogens with zero attached hydrogens (tertiary/aromatic N) is 1. The maximum atomic E-state index is 11.6. The number of rotatable bonds is 7. The molecule has 0 bridgehead atoms. The molecule has 2 amide bonds. The molecule has 124 valence electrons. The molecule has 0 saturated heterocycles. The van der Waals surface area contributed by atoms with Gasteiger partial charge in [0.1, 0.15) is 5.75 Å². The fourth-order valence-electron chi connectivity index (χ4n) is 1.49. The molecule has 3 N–H and O–H groups in total. The van der Waals surface area contributed by atoms with Gasteiger partial charge in [-0.15, -0.1) is 12.4 Å². The van der Waals surface area contributed by atoms with E-state index in [4.69, 9.17) is 10.5 Å². The summed E-state index contributed by atoms with van der Waals surface area (Å²) in [6, 6.07) is 7.28. The van der Waals surface area contributed by atoms with Crippen LogP contribution in [0.25, 0.3) is 0 Å². The number of halogens is 1. The first-order chi connectivity index (χ1) is 9.93. The van der Waals surface area contributed by atoms with Crippen LogP contribution < -0.4 is 15.8 Å². The lowest BCUT2D eigenvalue weighted by molar-refractivity contribution is -0.130. The standard InChI is InChI=1S/C15H23N3O3.ClH/c1-11(8-16)15(20)17-9-12-5-4-6-13(7-12)21-10-14(19)18(2)3;/h4-7,11H,8-10,16H2,1-3H3,(H,17,20);1H. The largest absolute Gasteiger partial charge is 0.484 e. The molecule has 6 nitrogen and oxygen atoms in total. The highest BCUT2D eigenvalue weighted by Crippen LogP contribution is 2.13. The summed E-state index contributed by atoms with van der Waals surface area (Å²) in [5.41, 5.74) is 6.35. The van der Waals surface area contributed by atoms with E-state index in [0.29, 0.717) is 18.8 Å². The predicted molar refractivity (Wildman–Crippen MR) is 87.9 cm³/mol. The van der Waals surface area contributed by atoms with Crippen molar-refractivity contribution < 1.29 is 14.3 Å². The van der Waals surface area contributed by atoms with E-state index in [0.717, 1.165) is 5.56 Å². The zero-order valence-corrected chi connectivity index (χ0v) is 14.0. The van der Waals surface area contributed by atoms with Gasteiger partial charge in [-0.25, -0.2) is 0 Å². The van der Waals surface area contributed by atoms with Crippen LogP contribution in [0, 0.1) is 5.92 Å². The Kier molecular flexibility index (Phi) is 9.21. The molecule has 0 heterocycles. The number of benzene rings is 1. The smallest absolute Gasteiger partial charge is 0.259 e.